The fourth-order valence-electron chi connectivity index (χ4n) is 1.70. The van der Waals surface area contributed by atoms with E-state index in [-0.39, 0.29) is 5.78 Å². The third-order valence-corrected chi connectivity index (χ3v) is 2.77. The number of hydrogen-bond donors (Lipinski definition) is 0. The molecular formula is C16H15NO. The van der Waals surface area contributed by atoms with Gasteiger partial charge < -0.3 is 0 Å². The highest BCUT2D eigenvalue weighted by Crippen LogP contribution is 2.12. The molecule has 0 atom stereocenters. The second-order valence-electron chi connectivity index (χ2n) is 4.27. The van der Waals surface area contributed by atoms with E-state index in [0.717, 1.165) is 11.1 Å². The van der Waals surface area contributed by atoms with E-state index >= 15 is 0 Å². The summed E-state index contributed by atoms with van der Waals surface area (Å²) in [7, 11) is 0. The van der Waals surface area contributed by atoms with Crippen molar-refractivity contribution < 1.29 is 4.79 Å². The van der Waals surface area contributed by atoms with Gasteiger partial charge in [-0.3, -0.25) is 9.78 Å². The van der Waals surface area contributed by atoms with Gasteiger partial charge in [-0.25, -0.2) is 0 Å². The van der Waals surface area contributed by atoms with Gasteiger partial charge in [0.25, 0.3) is 0 Å². The molecule has 0 spiro atoms. The van der Waals surface area contributed by atoms with E-state index < -0.39 is 0 Å². The molecule has 18 heavy (non-hydrogen) atoms. The summed E-state index contributed by atoms with van der Waals surface area (Å²) in [6.07, 6.45) is 5.04. The lowest BCUT2D eigenvalue weighted by atomic mass is 10.0. The molecule has 0 aliphatic rings. The van der Waals surface area contributed by atoms with E-state index in [2.05, 4.69) is 23.2 Å². The SMILES string of the molecule is Cc1ccc(C)c(C=CC(=O)c2ccccn2)c1. The van der Waals surface area contributed by atoms with E-state index in [1.807, 2.05) is 26.0 Å². The molecule has 0 aliphatic heterocycles. The molecule has 0 aliphatic carbocycles. The second-order valence-corrected chi connectivity index (χ2v) is 4.27. The highest BCUT2D eigenvalue weighted by Gasteiger charge is 2.02. The first kappa shape index (κ1) is 12.2. The highest BCUT2D eigenvalue weighted by molar-refractivity contribution is 6.05. The first-order valence-electron chi connectivity index (χ1n) is 5.87. The Labute approximate surface area is 107 Å². The average Bonchev–Trinajstić information content (AvgIpc) is 2.40. The quantitative estimate of drug-likeness (QED) is 0.603. The van der Waals surface area contributed by atoms with Crippen LogP contribution in [0.2, 0.25) is 0 Å². The van der Waals surface area contributed by atoms with Crippen LogP contribution in [0.25, 0.3) is 6.08 Å². The molecule has 0 saturated carbocycles. The van der Waals surface area contributed by atoms with Crippen molar-refractivity contribution in [3.8, 4) is 0 Å². The van der Waals surface area contributed by atoms with E-state index in [1.54, 1.807) is 24.4 Å². The fraction of sp³-hybridized carbons (Fsp3) is 0.125. The van der Waals surface area contributed by atoms with Crippen molar-refractivity contribution in [2.24, 2.45) is 0 Å². The summed E-state index contributed by atoms with van der Waals surface area (Å²) in [6.45, 7) is 4.07. The zero-order valence-corrected chi connectivity index (χ0v) is 10.6. The zero-order chi connectivity index (χ0) is 13.0. The molecule has 1 heterocycles. The first-order chi connectivity index (χ1) is 8.66. The number of rotatable bonds is 3. The van der Waals surface area contributed by atoms with Gasteiger partial charge in [0.2, 0.25) is 5.78 Å². The van der Waals surface area contributed by atoms with Crippen molar-refractivity contribution in [3.63, 3.8) is 0 Å². The van der Waals surface area contributed by atoms with Crippen molar-refractivity contribution in [3.05, 3.63) is 71.1 Å². The summed E-state index contributed by atoms with van der Waals surface area (Å²) in [5, 5.41) is 0. The lowest BCUT2D eigenvalue weighted by Gasteiger charge is -2.01. The number of carbonyl (C=O) groups excluding carboxylic acids is 1. The topological polar surface area (TPSA) is 30.0 Å². The number of carbonyl (C=O) groups is 1. The van der Waals surface area contributed by atoms with Crippen LogP contribution in [0, 0.1) is 13.8 Å². The Morgan fingerprint density at radius 3 is 2.72 bits per heavy atom. The molecule has 0 saturated heterocycles. The maximum atomic E-state index is 11.9. The Hall–Kier alpha value is -2.22. The summed E-state index contributed by atoms with van der Waals surface area (Å²) < 4.78 is 0. The smallest absolute Gasteiger partial charge is 0.204 e. The number of ketones is 1. The van der Waals surface area contributed by atoms with Crippen LogP contribution in [-0.2, 0) is 0 Å². The minimum Gasteiger partial charge on any atom is -0.288 e. The molecule has 90 valence electrons. The lowest BCUT2D eigenvalue weighted by molar-refractivity contribution is 0.104. The Bertz CT molecular complexity index is 585. The summed E-state index contributed by atoms with van der Waals surface area (Å²) in [6, 6.07) is 11.5. The van der Waals surface area contributed by atoms with E-state index in [4.69, 9.17) is 0 Å². The summed E-state index contributed by atoms with van der Waals surface area (Å²) in [5.74, 6) is -0.0727. The molecule has 2 heteroatoms. The standard InChI is InChI=1S/C16H15NO/c1-12-6-7-13(2)14(11-12)8-9-16(18)15-5-3-4-10-17-15/h3-11H,1-2H3. The number of allylic oxidation sites excluding steroid dienone is 1. The highest BCUT2D eigenvalue weighted by atomic mass is 16.1. The molecule has 0 radical (unpaired) electrons. The Kier molecular flexibility index (Phi) is 3.68. The molecule has 0 bridgehead atoms. The van der Waals surface area contributed by atoms with Crippen LogP contribution in [-0.4, -0.2) is 10.8 Å². The number of hydrogen-bond acceptors (Lipinski definition) is 2. The van der Waals surface area contributed by atoms with Gasteiger partial charge in [0.15, 0.2) is 0 Å². The second kappa shape index (κ2) is 5.41. The van der Waals surface area contributed by atoms with Gasteiger partial charge >= 0.3 is 0 Å². The van der Waals surface area contributed by atoms with Gasteiger partial charge in [-0.05, 0) is 43.2 Å². The van der Waals surface area contributed by atoms with Gasteiger partial charge in [-0.2, -0.15) is 0 Å². The van der Waals surface area contributed by atoms with Crippen LogP contribution >= 0.6 is 0 Å². The van der Waals surface area contributed by atoms with Crippen LogP contribution in [0.1, 0.15) is 27.2 Å². The van der Waals surface area contributed by atoms with Gasteiger partial charge in [-0.15, -0.1) is 0 Å². The first-order valence-corrected chi connectivity index (χ1v) is 5.87. The summed E-state index contributed by atoms with van der Waals surface area (Å²) in [5.41, 5.74) is 3.88. The Balaban J connectivity index is 2.21. The molecule has 0 N–H and O–H groups in total. The van der Waals surface area contributed by atoms with Gasteiger partial charge in [0, 0.05) is 6.20 Å². The van der Waals surface area contributed by atoms with E-state index in [9.17, 15) is 4.79 Å². The molecule has 1 aromatic heterocycles. The normalized spacial score (nSPS) is 10.8. The van der Waals surface area contributed by atoms with Crippen molar-refractivity contribution in [2.75, 3.05) is 0 Å². The van der Waals surface area contributed by atoms with Crippen LogP contribution in [0.3, 0.4) is 0 Å². The molecule has 1 aromatic carbocycles. The third-order valence-electron chi connectivity index (χ3n) is 2.77. The van der Waals surface area contributed by atoms with E-state index in [0.29, 0.717) is 5.69 Å². The largest absolute Gasteiger partial charge is 0.288 e. The number of aromatic nitrogens is 1. The van der Waals surface area contributed by atoms with Crippen LogP contribution in [0.4, 0.5) is 0 Å². The molecule has 0 unspecified atom stereocenters. The minimum absolute atomic E-state index is 0.0727. The number of aryl methyl sites for hydroxylation is 2. The molecular weight excluding hydrogens is 222 g/mol. The monoisotopic (exact) mass is 237 g/mol. The van der Waals surface area contributed by atoms with Gasteiger partial charge in [0.1, 0.15) is 5.69 Å². The minimum atomic E-state index is -0.0727. The summed E-state index contributed by atoms with van der Waals surface area (Å²) >= 11 is 0. The molecule has 0 amide bonds. The Morgan fingerprint density at radius 2 is 2.00 bits per heavy atom. The zero-order valence-electron chi connectivity index (χ0n) is 10.6. The number of pyridine rings is 1. The van der Waals surface area contributed by atoms with E-state index in [1.165, 1.54) is 5.56 Å². The van der Waals surface area contributed by atoms with Crippen molar-refractivity contribution in [1.82, 2.24) is 4.98 Å². The third kappa shape index (κ3) is 2.92. The van der Waals surface area contributed by atoms with Crippen molar-refractivity contribution >= 4 is 11.9 Å². The number of benzene rings is 1. The van der Waals surface area contributed by atoms with Gasteiger partial charge in [-0.1, -0.05) is 35.9 Å². The van der Waals surface area contributed by atoms with Gasteiger partial charge in [0.05, 0.1) is 0 Å². The Morgan fingerprint density at radius 1 is 1.17 bits per heavy atom. The number of nitrogens with zero attached hydrogens (tertiary/aromatic N) is 1. The van der Waals surface area contributed by atoms with Crippen LogP contribution in [0.15, 0.2) is 48.7 Å². The maximum Gasteiger partial charge on any atom is 0.204 e. The summed E-state index contributed by atoms with van der Waals surface area (Å²) in [4.78, 5) is 15.9. The lowest BCUT2D eigenvalue weighted by Crippen LogP contribution is -1.96. The fourth-order valence-corrected chi connectivity index (χ4v) is 1.70. The maximum absolute atomic E-state index is 11.9. The predicted molar refractivity (Wildman–Crippen MR) is 73.5 cm³/mol. The molecule has 2 rings (SSSR count). The molecule has 2 aromatic rings. The molecule has 2 nitrogen and oxygen atoms in total. The predicted octanol–water partition coefficient (Wildman–Crippen LogP) is 3.59. The molecule has 0 fully saturated rings. The van der Waals surface area contributed by atoms with Crippen LogP contribution < -0.4 is 0 Å². The van der Waals surface area contributed by atoms with Crippen LogP contribution in [0.5, 0.6) is 0 Å². The average molecular weight is 237 g/mol. The van der Waals surface area contributed by atoms with Crippen molar-refractivity contribution in [2.45, 2.75) is 13.8 Å². The van der Waals surface area contributed by atoms with Crippen molar-refractivity contribution in [1.29, 1.82) is 0 Å².